The topological polar surface area (TPSA) is 105 Å². The van der Waals surface area contributed by atoms with Crippen molar-refractivity contribution >= 4 is 51.9 Å². The summed E-state index contributed by atoms with van der Waals surface area (Å²) in [5, 5.41) is 0. The van der Waals surface area contributed by atoms with Crippen molar-refractivity contribution in [2.45, 2.75) is 33.7 Å². The second-order valence-electron chi connectivity index (χ2n) is 8.43. The normalized spacial score (nSPS) is 14.9. The molecule has 0 bridgehead atoms. The van der Waals surface area contributed by atoms with E-state index in [1.54, 1.807) is 51.3 Å². The monoisotopic (exact) mass is 662 g/mol. The largest absolute Gasteiger partial charge is 0.497 e. The van der Waals surface area contributed by atoms with Crippen LogP contribution in [0.3, 0.4) is 0 Å². The number of halogens is 1. The average Bonchev–Trinajstić information content (AvgIpc) is 3.19. The molecule has 39 heavy (non-hydrogen) atoms. The van der Waals surface area contributed by atoms with Gasteiger partial charge in [0.1, 0.15) is 5.75 Å². The predicted molar refractivity (Wildman–Crippen MR) is 155 cm³/mol. The maximum Gasteiger partial charge on any atom is 0.338 e. The molecule has 9 nitrogen and oxygen atoms in total. The number of fused-ring (bicyclic) bond motifs is 1. The Labute approximate surface area is 242 Å². The molecule has 0 spiro atoms. The SMILES string of the molecule is CCOC(=O)C1=C(C)N=c2s/c(=C\c3cc(I)c(OC(C)=O)c(OCC)c3)c(=O)n2[C@H]1c1ccc(OC)cc1. The van der Waals surface area contributed by atoms with Gasteiger partial charge in [-0.1, -0.05) is 23.5 Å². The van der Waals surface area contributed by atoms with Crippen LogP contribution in [0.25, 0.3) is 6.08 Å². The van der Waals surface area contributed by atoms with Crippen molar-refractivity contribution in [2.24, 2.45) is 4.99 Å². The molecule has 1 atom stereocenters. The summed E-state index contributed by atoms with van der Waals surface area (Å²) in [7, 11) is 1.57. The number of ether oxygens (including phenoxy) is 4. The molecule has 1 aromatic heterocycles. The Bertz CT molecular complexity index is 1640. The van der Waals surface area contributed by atoms with Crippen molar-refractivity contribution < 1.29 is 28.5 Å². The summed E-state index contributed by atoms with van der Waals surface area (Å²) in [4.78, 5) is 43.6. The molecule has 0 unspecified atom stereocenters. The van der Waals surface area contributed by atoms with E-state index in [1.165, 1.54) is 22.8 Å². The van der Waals surface area contributed by atoms with Gasteiger partial charge < -0.3 is 18.9 Å². The first-order valence-electron chi connectivity index (χ1n) is 12.2. The Hall–Kier alpha value is -3.45. The number of benzene rings is 2. The molecular formula is C28H27IN2O7S. The molecule has 3 aromatic rings. The lowest BCUT2D eigenvalue weighted by molar-refractivity contribution is -0.139. The zero-order chi connectivity index (χ0) is 28.3. The number of thiazole rings is 1. The maximum atomic E-state index is 13.8. The third-order valence-electron chi connectivity index (χ3n) is 5.82. The minimum Gasteiger partial charge on any atom is -0.497 e. The van der Waals surface area contributed by atoms with Gasteiger partial charge in [0, 0.05) is 6.92 Å². The summed E-state index contributed by atoms with van der Waals surface area (Å²) in [5.41, 5.74) is 1.90. The fourth-order valence-corrected chi connectivity index (χ4v) is 6.00. The fourth-order valence-electron chi connectivity index (χ4n) is 4.22. The molecule has 204 valence electrons. The molecule has 2 heterocycles. The predicted octanol–water partition coefficient (Wildman–Crippen LogP) is 3.74. The van der Waals surface area contributed by atoms with Crippen LogP contribution in [0.15, 0.2) is 57.5 Å². The van der Waals surface area contributed by atoms with Crippen LogP contribution in [0, 0.1) is 3.57 Å². The number of aromatic nitrogens is 1. The van der Waals surface area contributed by atoms with Crippen LogP contribution in [0.5, 0.6) is 17.2 Å². The van der Waals surface area contributed by atoms with E-state index in [0.29, 0.717) is 53.6 Å². The summed E-state index contributed by atoms with van der Waals surface area (Å²) in [6.07, 6.45) is 1.74. The molecule has 0 fully saturated rings. The van der Waals surface area contributed by atoms with Crippen molar-refractivity contribution in [3.8, 4) is 17.2 Å². The van der Waals surface area contributed by atoms with Crippen LogP contribution in [0.2, 0.25) is 0 Å². The third-order valence-corrected chi connectivity index (χ3v) is 7.61. The van der Waals surface area contributed by atoms with Gasteiger partial charge in [0.05, 0.1) is 45.7 Å². The molecule has 0 aliphatic carbocycles. The summed E-state index contributed by atoms with van der Waals surface area (Å²) in [5.74, 6) is 0.404. The molecule has 0 radical (unpaired) electrons. The average molecular weight is 663 g/mol. The Kier molecular flexibility index (Phi) is 8.90. The summed E-state index contributed by atoms with van der Waals surface area (Å²) >= 11 is 3.29. The highest BCUT2D eigenvalue weighted by molar-refractivity contribution is 14.1. The molecule has 1 aliphatic rings. The van der Waals surface area contributed by atoms with Crippen LogP contribution in [0.4, 0.5) is 0 Å². The highest BCUT2D eigenvalue weighted by Crippen LogP contribution is 2.35. The zero-order valence-electron chi connectivity index (χ0n) is 22.1. The number of carbonyl (C=O) groups is 2. The van der Waals surface area contributed by atoms with Crippen LogP contribution in [-0.2, 0) is 14.3 Å². The number of hydrogen-bond acceptors (Lipinski definition) is 9. The van der Waals surface area contributed by atoms with Gasteiger partial charge in [-0.2, -0.15) is 0 Å². The number of rotatable bonds is 8. The van der Waals surface area contributed by atoms with Crippen LogP contribution < -0.4 is 29.1 Å². The van der Waals surface area contributed by atoms with E-state index in [4.69, 9.17) is 18.9 Å². The number of esters is 2. The quantitative estimate of drug-likeness (QED) is 0.206. The molecule has 1 aliphatic heterocycles. The zero-order valence-corrected chi connectivity index (χ0v) is 25.0. The second kappa shape index (κ2) is 12.2. The molecule has 0 N–H and O–H groups in total. The van der Waals surface area contributed by atoms with Gasteiger partial charge in [-0.25, -0.2) is 9.79 Å². The number of hydrogen-bond donors (Lipinski definition) is 0. The van der Waals surface area contributed by atoms with Crippen LogP contribution in [-0.4, -0.2) is 36.8 Å². The number of carbonyl (C=O) groups excluding carboxylic acids is 2. The van der Waals surface area contributed by atoms with Crippen molar-refractivity contribution in [1.29, 1.82) is 0 Å². The summed E-state index contributed by atoms with van der Waals surface area (Å²) in [6, 6.07) is 10.0. The molecular weight excluding hydrogens is 635 g/mol. The van der Waals surface area contributed by atoms with Gasteiger partial charge in [-0.15, -0.1) is 0 Å². The van der Waals surface area contributed by atoms with E-state index in [0.717, 1.165) is 5.56 Å². The van der Waals surface area contributed by atoms with E-state index in [-0.39, 0.29) is 12.2 Å². The number of methoxy groups -OCH3 is 1. The first kappa shape index (κ1) is 28.6. The van der Waals surface area contributed by atoms with E-state index >= 15 is 0 Å². The Morgan fingerprint density at radius 1 is 1.15 bits per heavy atom. The minimum absolute atomic E-state index is 0.194. The molecule has 0 saturated carbocycles. The highest BCUT2D eigenvalue weighted by atomic mass is 127. The first-order valence-corrected chi connectivity index (χ1v) is 14.1. The second-order valence-corrected chi connectivity index (χ2v) is 10.6. The fraction of sp³-hybridized carbons (Fsp3) is 0.286. The smallest absolute Gasteiger partial charge is 0.338 e. The molecule has 4 rings (SSSR count). The third kappa shape index (κ3) is 5.93. The summed E-state index contributed by atoms with van der Waals surface area (Å²) in [6.45, 7) is 7.19. The van der Waals surface area contributed by atoms with E-state index in [9.17, 15) is 14.4 Å². The van der Waals surface area contributed by atoms with Crippen LogP contribution >= 0.6 is 33.9 Å². The molecule has 0 amide bonds. The van der Waals surface area contributed by atoms with Crippen LogP contribution in [0.1, 0.15) is 44.9 Å². The van der Waals surface area contributed by atoms with Gasteiger partial charge in [-0.3, -0.25) is 14.2 Å². The number of nitrogens with zero attached hydrogens (tertiary/aromatic N) is 2. The lowest BCUT2D eigenvalue weighted by Crippen LogP contribution is -2.39. The van der Waals surface area contributed by atoms with Crippen molar-refractivity contribution in [1.82, 2.24) is 4.57 Å². The van der Waals surface area contributed by atoms with Gasteiger partial charge in [0.15, 0.2) is 16.3 Å². The minimum atomic E-state index is -0.723. The standard InChI is InChI=1S/C28H27IN2O7S/c1-6-36-21-13-17(12-20(29)25(21)38-16(4)32)14-22-26(33)31-24(18-8-10-19(35-5)11-9-18)23(27(34)37-7-2)15(3)30-28(31)39-22/h8-14,24H,6-7H2,1-5H3/b22-14-/t24-/m0/s1. The first-order chi connectivity index (χ1) is 18.7. The van der Waals surface area contributed by atoms with Crippen molar-refractivity contribution in [3.05, 3.63) is 82.1 Å². The number of allylic oxidation sites excluding steroid dienone is 1. The van der Waals surface area contributed by atoms with Gasteiger partial charge >= 0.3 is 11.9 Å². The van der Waals surface area contributed by atoms with Crippen molar-refractivity contribution in [3.63, 3.8) is 0 Å². The molecule has 0 saturated heterocycles. The Balaban J connectivity index is 1.91. The lowest BCUT2D eigenvalue weighted by Gasteiger charge is -2.24. The Morgan fingerprint density at radius 2 is 1.87 bits per heavy atom. The lowest BCUT2D eigenvalue weighted by atomic mass is 9.96. The maximum absolute atomic E-state index is 13.8. The highest BCUT2D eigenvalue weighted by Gasteiger charge is 2.33. The van der Waals surface area contributed by atoms with Gasteiger partial charge in [0.2, 0.25) is 0 Å². The van der Waals surface area contributed by atoms with Crippen molar-refractivity contribution in [2.75, 3.05) is 20.3 Å². The van der Waals surface area contributed by atoms with Gasteiger partial charge in [0.25, 0.3) is 5.56 Å². The Morgan fingerprint density at radius 3 is 2.49 bits per heavy atom. The van der Waals surface area contributed by atoms with E-state index in [2.05, 4.69) is 27.6 Å². The molecule has 11 heteroatoms. The van der Waals surface area contributed by atoms with E-state index < -0.39 is 18.0 Å². The molecule has 2 aromatic carbocycles. The van der Waals surface area contributed by atoms with E-state index in [1.807, 2.05) is 19.1 Å². The van der Waals surface area contributed by atoms with Gasteiger partial charge in [-0.05, 0) is 84.8 Å². The summed E-state index contributed by atoms with van der Waals surface area (Å²) < 4.78 is 24.3.